The number of hydrogen-bond donors (Lipinski definition) is 1. The van der Waals surface area contributed by atoms with E-state index in [1.165, 1.54) is 4.90 Å². The van der Waals surface area contributed by atoms with Gasteiger partial charge in [0.25, 0.3) is 0 Å². The normalized spacial score (nSPS) is 10.8. The minimum Gasteiger partial charge on any atom is -0.353 e. The molecule has 6 nitrogen and oxygen atoms in total. The number of hydrogen-bond acceptors (Lipinski definition) is 2. The Morgan fingerprint density at radius 2 is 1.70 bits per heavy atom. The van der Waals surface area contributed by atoms with Crippen LogP contribution in [0.4, 0.5) is 10.5 Å². The van der Waals surface area contributed by atoms with E-state index in [1.807, 2.05) is 74.1 Å². The van der Waals surface area contributed by atoms with E-state index in [1.54, 1.807) is 23.1 Å². The number of anilines is 1. The number of aromatic nitrogens is 1. The van der Waals surface area contributed by atoms with Crippen molar-refractivity contribution in [3.8, 4) is 0 Å². The molecule has 1 aromatic heterocycles. The molecule has 1 N–H and O–H groups in total. The van der Waals surface area contributed by atoms with Crippen molar-refractivity contribution in [1.29, 1.82) is 0 Å². The number of benzene rings is 2. The number of nitrogens with zero attached hydrogens (tertiary/aromatic N) is 3. The Hall–Kier alpha value is -2.96. The molecular weight excluding hydrogens is 459 g/mol. The van der Waals surface area contributed by atoms with Gasteiger partial charge in [0.15, 0.2) is 0 Å². The lowest BCUT2D eigenvalue weighted by Crippen LogP contribution is -2.47. The average molecular weight is 487 g/mol. The third-order valence-electron chi connectivity index (χ3n) is 5.36. The van der Waals surface area contributed by atoms with Crippen LogP contribution in [0.25, 0.3) is 0 Å². The molecule has 3 rings (SSSR count). The summed E-state index contributed by atoms with van der Waals surface area (Å²) in [6, 6.07) is 18.1. The maximum Gasteiger partial charge on any atom is 0.322 e. The summed E-state index contributed by atoms with van der Waals surface area (Å²) in [4.78, 5) is 29.7. The summed E-state index contributed by atoms with van der Waals surface area (Å²) in [5.74, 6) is -0.152. The number of carbonyl (C=O) groups is 2. The van der Waals surface area contributed by atoms with Crippen LogP contribution in [0, 0.1) is 0 Å². The Bertz CT molecular complexity index is 1100. The van der Waals surface area contributed by atoms with Crippen molar-refractivity contribution in [2.24, 2.45) is 7.05 Å². The molecule has 0 saturated carbocycles. The maximum absolute atomic E-state index is 13.4. The number of aryl methyl sites for hydroxylation is 1. The van der Waals surface area contributed by atoms with Crippen LogP contribution in [0.5, 0.6) is 0 Å². The molecule has 0 aliphatic rings. The molecule has 174 valence electrons. The molecule has 8 heteroatoms. The van der Waals surface area contributed by atoms with Gasteiger partial charge in [-0.05, 0) is 43.7 Å². The zero-order valence-electron chi connectivity index (χ0n) is 19.0. The fourth-order valence-electron chi connectivity index (χ4n) is 3.41. The van der Waals surface area contributed by atoms with Crippen molar-refractivity contribution in [3.05, 3.63) is 88.2 Å². The van der Waals surface area contributed by atoms with Crippen LogP contribution in [-0.4, -0.2) is 38.9 Å². The second-order valence-corrected chi connectivity index (χ2v) is 8.88. The topological polar surface area (TPSA) is 57.6 Å². The third-order valence-corrected chi connectivity index (χ3v) is 6.18. The van der Waals surface area contributed by atoms with Crippen LogP contribution in [0.2, 0.25) is 10.0 Å². The minimum atomic E-state index is -0.416. The van der Waals surface area contributed by atoms with Gasteiger partial charge in [0.05, 0.1) is 22.3 Å². The van der Waals surface area contributed by atoms with Gasteiger partial charge >= 0.3 is 6.03 Å². The average Bonchev–Trinajstić information content (AvgIpc) is 3.19. The molecule has 0 aliphatic heterocycles. The lowest BCUT2D eigenvalue weighted by Gasteiger charge is -2.30. The van der Waals surface area contributed by atoms with Crippen molar-refractivity contribution in [3.63, 3.8) is 0 Å². The Balaban J connectivity index is 1.78. The van der Waals surface area contributed by atoms with Crippen molar-refractivity contribution < 1.29 is 9.59 Å². The Morgan fingerprint density at radius 1 is 0.970 bits per heavy atom. The van der Waals surface area contributed by atoms with E-state index in [0.29, 0.717) is 23.8 Å². The molecule has 3 amide bonds. The van der Waals surface area contributed by atoms with Gasteiger partial charge in [-0.1, -0.05) is 59.6 Å². The van der Waals surface area contributed by atoms with E-state index in [2.05, 4.69) is 5.32 Å². The van der Waals surface area contributed by atoms with E-state index in [-0.39, 0.29) is 23.5 Å². The molecule has 33 heavy (non-hydrogen) atoms. The van der Waals surface area contributed by atoms with E-state index < -0.39 is 6.03 Å². The van der Waals surface area contributed by atoms with Gasteiger partial charge < -0.3 is 19.7 Å². The lowest BCUT2D eigenvalue weighted by atomic mass is 10.2. The summed E-state index contributed by atoms with van der Waals surface area (Å²) >= 11 is 12.3. The van der Waals surface area contributed by atoms with Crippen molar-refractivity contribution in [1.82, 2.24) is 14.4 Å². The zero-order chi connectivity index (χ0) is 24.0. The highest BCUT2D eigenvalue weighted by Crippen LogP contribution is 2.29. The molecule has 0 spiro atoms. The molecule has 3 aromatic rings. The molecule has 0 saturated heterocycles. The van der Waals surface area contributed by atoms with E-state index in [9.17, 15) is 9.59 Å². The van der Waals surface area contributed by atoms with Gasteiger partial charge in [-0.25, -0.2) is 4.79 Å². The first-order valence-corrected chi connectivity index (χ1v) is 11.5. The SMILES string of the molecule is CC(C)N(CC(=O)N(Cc1ccccc1)Cc1cccn1C)C(=O)Nc1cccc(Cl)c1Cl. The van der Waals surface area contributed by atoms with E-state index >= 15 is 0 Å². The first-order chi connectivity index (χ1) is 15.8. The van der Waals surface area contributed by atoms with Gasteiger partial charge in [0.1, 0.15) is 6.54 Å². The van der Waals surface area contributed by atoms with Crippen LogP contribution in [-0.2, 0) is 24.9 Å². The highest BCUT2D eigenvalue weighted by atomic mass is 35.5. The van der Waals surface area contributed by atoms with Crippen LogP contribution >= 0.6 is 23.2 Å². The molecule has 0 atom stereocenters. The Kier molecular flexibility index (Phi) is 8.42. The van der Waals surface area contributed by atoms with Gasteiger partial charge in [0.2, 0.25) is 5.91 Å². The minimum absolute atomic E-state index is 0.0705. The summed E-state index contributed by atoms with van der Waals surface area (Å²) in [5, 5.41) is 3.38. The fraction of sp³-hybridized carbons (Fsp3) is 0.280. The van der Waals surface area contributed by atoms with Crippen LogP contribution in [0.3, 0.4) is 0 Å². The molecule has 0 aliphatic carbocycles. The van der Waals surface area contributed by atoms with Crippen molar-refractivity contribution in [2.75, 3.05) is 11.9 Å². The number of carbonyl (C=O) groups excluding carboxylic acids is 2. The van der Waals surface area contributed by atoms with E-state index in [0.717, 1.165) is 11.3 Å². The molecule has 0 unspecified atom stereocenters. The summed E-state index contributed by atoms with van der Waals surface area (Å²) in [7, 11) is 1.95. The summed E-state index contributed by atoms with van der Waals surface area (Å²) < 4.78 is 1.99. The number of halogens is 2. The van der Waals surface area contributed by atoms with Crippen LogP contribution < -0.4 is 5.32 Å². The predicted octanol–water partition coefficient (Wildman–Crippen LogP) is 5.80. The largest absolute Gasteiger partial charge is 0.353 e. The number of rotatable bonds is 8. The molecule has 0 radical (unpaired) electrons. The summed E-state index contributed by atoms with van der Waals surface area (Å²) in [5.41, 5.74) is 2.43. The predicted molar refractivity (Wildman–Crippen MR) is 133 cm³/mol. The van der Waals surface area contributed by atoms with Crippen molar-refractivity contribution in [2.45, 2.75) is 33.0 Å². The quantitative estimate of drug-likeness (QED) is 0.437. The molecule has 2 aromatic carbocycles. The maximum atomic E-state index is 13.4. The Labute approximate surface area is 204 Å². The summed E-state index contributed by atoms with van der Waals surface area (Å²) in [6.07, 6.45) is 1.95. The first-order valence-electron chi connectivity index (χ1n) is 10.7. The number of urea groups is 1. The zero-order valence-corrected chi connectivity index (χ0v) is 20.5. The van der Waals surface area contributed by atoms with Gasteiger partial charge in [0, 0.05) is 31.5 Å². The Morgan fingerprint density at radius 3 is 2.33 bits per heavy atom. The van der Waals surface area contributed by atoms with Gasteiger partial charge in [-0.15, -0.1) is 0 Å². The first kappa shape index (κ1) is 24.7. The number of amides is 3. The molecule has 0 bridgehead atoms. The molecule has 1 heterocycles. The lowest BCUT2D eigenvalue weighted by molar-refractivity contribution is -0.133. The monoisotopic (exact) mass is 486 g/mol. The standard InChI is InChI=1S/C25H28Cl2N4O2/c1-18(2)31(25(33)28-22-13-7-12-21(26)24(22)27)17-23(32)30(15-19-9-5-4-6-10-19)16-20-11-8-14-29(20)3/h4-14,18H,15-17H2,1-3H3,(H,28,33). The third kappa shape index (κ3) is 6.53. The fourth-order valence-corrected chi connectivity index (χ4v) is 3.76. The van der Waals surface area contributed by atoms with Gasteiger partial charge in [-0.3, -0.25) is 4.79 Å². The molecule has 0 fully saturated rings. The molecular formula is C25H28Cl2N4O2. The second kappa shape index (κ2) is 11.3. The highest BCUT2D eigenvalue weighted by Gasteiger charge is 2.25. The van der Waals surface area contributed by atoms with Crippen molar-refractivity contribution >= 4 is 40.8 Å². The van der Waals surface area contributed by atoms with Crippen LogP contribution in [0.15, 0.2) is 66.9 Å². The summed E-state index contributed by atoms with van der Waals surface area (Å²) in [6.45, 7) is 4.54. The highest BCUT2D eigenvalue weighted by molar-refractivity contribution is 6.43. The second-order valence-electron chi connectivity index (χ2n) is 8.10. The van der Waals surface area contributed by atoms with E-state index in [4.69, 9.17) is 23.2 Å². The number of nitrogens with one attached hydrogen (secondary N) is 1. The smallest absolute Gasteiger partial charge is 0.322 e. The van der Waals surface area contributed by atoms with Crippen LogP contribution in [0.1, 0.15) is 25.1 Å². The van der Waals surface area contributed by atoms with Gasteiger partial charge in [-0.2, -0.15) is 0 Å².